The fourth-order valence-electron chi connectivity index (χ4n) is 3.81. The quantitative estimate of drug-likeness (QED) is 0.675. The van der Waals surface area contributed by atoms with E-state index in [9.17, 15) is 4.79 Å². The standard InChI is InChI=1S/C19H20N6OS/c26-19(18-15-4-2-1-3-14(15)7-12-27-18)24-10-8-23(9-11-24)17-6-5-16-21-20-13-25(16)22-17/h1-6,13,18H,7-12H2. The van der Waals surface area contributed by atoms with Crippen LogP contribution in [0.4, 0.5) is 5.82 Å². The van der Waals surface area contributed by atoms with Crippen LogP contribution in [0.2, 0.25) is 0 Å². The van der Waals surface area contributed by atoms with Gasteiger partial charge in [0.25, 0.3) is 0 Å². The number of aryl methyl sites for hydroxylation is 1. The van der Waals surface area contributed by atoms with Gasteiger partial charge in [-0.25, -0.2) is 0 Å². The number of fused-ring (bicyclic) bond motifs is 2. The van der Waals surface area contributed by atoms with Gasteiger partial charge in [0.05, 0.1) is 0 Å². The summed E-state index contributed by atoms with van der Waals surface area (Å²) in [6.07, 6.45) is 2.66. The molecule has 4 heterocycles. The van der Waals surface area contributed by atoms with Crippen molar-refractivity contribution < 1.29 is 4.79 Å². The minimum absolute atomic E-state index is 0.0620. The Morgan fingerprint density at radius 1 is 1.07 bits per heavy atom. The third-order valence-corrected chi connectivity index (χ3v) is 6.51. The highest BCUT2D eigenvalue weighted by atomic mass is 32.2. The molecule has 1 fully saturated rings. The number of hydrogen-bond acceptors (Lipinski definition) is 6. The number of hydrogen-bond donors (Lipinski definition) is 0. The van der Waals surface area contributed by atoms with Crippen molar-refractivity contribution in [1.29, 1.82) is 0 Å². The van der Waals surface area contributed by atoms with Gasteiger partial charge in [-0.1, -0.05) is 24.3 Å². The molecule has 7 nitrogen and oxygen atoms in total. The summed E-state index contributed by atoms with van der Waals surface area (Å²) in [4.78, 5) is 17.4. The third kappa shape index (κ3) is 3.03. The normalized spacial score (nSPS) is 19.9. The molecule has 138 valence electrons. The number of carbonyl (C=O) groups is 1. The van der Waals surface area contributed by atoms with E-state index in [1.54, 1.807) is 22.6 Å². The van der Waals surface area contributed by atoms with Crippen LogP contribution >= 0.6 is 11.8 Å². The molecule has 2 aliphatic heterocycles. The van der Waals surface area contributed by atoms with Crippen molar-refractivity contribution in [2.24, 2.45) is 0 Å². The van der Waals surface area contributed by atoms with E-state index in [1.807, 2.05) is 23.1 Å². The van der Waals surface area contributed by atoms with Gasteiger partial charge >= 0.3 is 0 Å². The molecule has 0 radical (unpaired) electrons. The number of anilines is 1. The lowest BCUT2D eigenvalue weighted by Crippen LogP contribution is -2.50. The molecule has 1 aromatic carbocycles. The number of amides is 1. The molecule has 0 bridgehead atoms. The zero-order valence-electron chi connectivity index (χ0n) is 14.9. The molecule has 1 amide bonds. The van der Waals surface area contributed by atoms with E-state index in [1.165, 1.54) is 11.1 Å². The third-order valence-electron chi connectivity index (χ3n) is 5.28. The van der Waals surface area contributed by atoms with E-state index in [-0.39, 0.29) is 11.2 Å². The van der Waals surface area contributed by atoms with Crippen molar-refractivity contribution in [3.63, 3.8) is 0 Å². The first-order valence-corrected chi connectivity index (χ1v) is 10.2. The number of aromatic nitrogens is 4. The van der Waals surface area contributed by atoms with Gasteiger partial charge in [0.1, 0.15) is 17.4 Å². The van der Waals surface area contributed by atoms with Crippen LogP contribution in [0.1, 0.15) is 16.4 Å². The van der Waals surface area contributed by atoms with Gasteiger partial charge in [-0.2, -0.15) is 4.52 Å². The molecule has 0 spiro atoms. The molecule has 2 aromatic heterocycles. The molecule has 27 heavy (non-hydrogen) atoms. The second kappa shape index (κ2) is 6.84. The van der Waals surface area contributed by atoms with Crippen LogP contribution in [-0.4, -0.2) is 62.6 Å². The van der Waals surface area contributed by atoms with Crippen molar-refractivity contribution in [1.82, 2.24) is 24.7 Å². The predicted octanol–water partition coefficient (Wildman–Crippen LogP) is 1.80. The highest BCUT2D eigenvalue weighted by Crippen LogP contribution is 2.38. The van der Waals surface area contributed by atoms with Gasteiger partial charge in [-0.15, -0.1) is 27.1 Å². The van der Waals surface area contributed by atoms with Gasteiger partial charge in [-0.3, -0.25) is 4.79 Å². The molecule has 5 rings (SSSR count). The second-order valence-electron chi connectivity index (χ2n) is 6.84. The van der Waals surface area contributed by atoms with Crippen LogP contribution in [0.25, 0.3) is 5.65 Å². The molecule has 2 aliphatic rings. The van der Waals surface area contributed by atoms with Crippen molar-refractivity contribution in [2.75, 3.05) is 36.8 Å². The van der Waals surface area contributed by atoms with Crippen LogP contribution in [0.5, 0.6) is 0 Å². The smallest absolute Gasteiger partial charge is 0.240 e. The van der Waals surface area contributed by atoms with Crippen molar-refractivity contribution in [2.45, 2.75) is 11.7 Å². The topological polar surface area (TPSA) is 66.6 Å². The largest absolute Gasteiger partial charge is 0.352 e. The molecule has 1 saturated heterocycles. The SMILES string of the molecule is O=C(C1SCCc2ccccc21)N1CCN(c2ccc3nncn3n2)CC1. The average molecular weight is 380 g/mol. The average Bonchev–Trinajstić information content (AvgIpc) is 3.21. The van der Waals surface area contributed by atoms with Gasteiger partial charge < -0.3 is 9.80 Å². The highest BCUT2D eigenvalue weighted by molar-refractivity contribution is 8.00. The van der Waals surface area contributed by atoms with Crippen LogP contribution in [0.15, 0.2) is 42.7 Å². The molecule has 1 unspecified atom stereocenters. The van der Waals surface area contributed by atoms with Gasteiger partial charge in [-0.05, 0) is 35.4 Å². The first-order chi connectivity index (χ1) is 13.3. The Kier molecular flexibility index (Phi) is 4.20. The molecule has 0 aliphatic carbocycles. The van der Waals surface area contributed by atoms with Crippen LogP contribution < -0.4 is 4.90 Å². The van der Waals surface area contributed by atoms with Crippen molar-refractivity contribution in [3.05, 3.63) is 53.9 Å². The van der Waals surface area contributed by atoms with Crippen LogP contribution in [-0.2, 0) is 11.2 Å². The number of piperazine rings is 1. The second-order valence-corrected chi connectivity index (χ2v) is 8.05. The molecule has 8 heteroatoms. The summed E-state index contributed by atoms with van der Waals surface area (Å²) in [5.41, 5.74) is 3.25. The first-order valence-electron chi connectivity index (χ1n) is 9.20. The maximum atomic E-state index is 13.1. The Labute approximate surface area is 161 Å². The summed E-state index contributed by atoms with van der Waals surface area (Å²) in [6.45, 7) is 3.01. The van der Waals surface area contributed by atoms with E-state index in [4.69, 9.17) is 0 Å². The Balaban J connectivity index is 1.28. The van der Waals surface area contributed by atoms with E-state index in [2.05, 4.69) is 38.4 Å². The predicted molar refractivity (Wildman–Crippen MR) is 105 cm³/mol. The number of nitrogens with zero attached hydrogens (tertiary/aromatic N) is 6. The van der Waals surface area contributed by atoms with E-state index in [0.717, 1.165) is 49.8 Å². The summed E-state index contributed by atoms with van der Waals surface area (Å²) in [5.74, 6) is 2.15. The minimum atomic E-state index is -0.0620. The Morgan fingerprint density at radius 2 is 1.93 bits per heavy atom. The van der Waals surface area contributed by atoms with Crippen LogP contribution in [0, 0.1) is 0 Å². The molecule has 1 atom stereocenters. The Morgan fingerprint density at radius 3 is 2.81 bits per heavy atom. The molecule has 0 saturated carbocycles. The highest BCUT2D eigenvalue weighted by Gasteiger charge is 2.32. The monoisotopic (exact) mass is 380 g/mol. The lowest BCUT2D eigenvalue weighted by atomic mass is 10.0. The lowest BCUT2D eigenvalue weighted by molar-refractivity contribution is -0.131. The summed E-state index contributed by atoms with van der Waals surface area (Å²) < 4.78 is 1.68. The number of thioether (sulfide) groups is 1. The maximum absolute atomic E-state index is 13.1. The number of rotatable bonds is 2. The zero-order valence-corrected chi connectivity index (χ0v) is 15.7. The summed E-state index contributed by atoms with van der Waals surface area (Å²) in [7, 11) is 0. The number of carbonyl (C=O) groups excluding carboxylic acids is 1. The van der Waals surface area contributed by atoms with Gasteiger partial charge in [0.15, 0.2) is 5.65 Å². The van der Waals surface area contributed by atoms with E-state index < -0.39 is 0 Å². The number of benzene rings is 1. The summed E-state index contributed by atoms with van der Waals surface area (Å²) in [5, 5.41) is 12.4. The van der Waals surface area contributed by atoms with Gasteiger partial charge in [0, 0.05) is 26.2 Å². The van der Waals surface area contributed by atoms with E-state index in [0.29, 0.717) is 0 Å². The molecule has 0 N–H and O–H groups in total. The van der Waals surface area contributed by atoms with Crippen molar-refractivity contribution in [3.8, 4) is 0 Å². The van der Waals surface area contributed by atoms with Crippen molar-refractivity contribution >= 4 is 29.1 Å². The molecular weight excluding hydrogens is 360 g/mol. The fourth-order valence-corrected chi connectivity index (χ4v) is 5.08. The first kappa shape index (κ1) is 16.6. The molecule has 3 aromatic rings. The minimum Gasteiger partial charge on any atom is -0.352 e. The Bertz CT molecular complexity index is 981. The van der Waals surface area contributed by atoms with E-state index >= 15 is 0 Å². The molecular formula is C19H20N6OS. The van der Waals surface area contributed by atoms with Gasteiger partial charge in [0.2, 0.25) is 5.91 Å². The zero-order chi connectivity index (χ0) is 18.2. The summed E-state index contributed by atoms with van der Waals surface area (Å²) >= 11 is 1.77. The van der Waals surface area contributed by atoms with Crippen LogP contribution in [0.3, 0.4) is 0 Å². The Hall–Kier alpha value is -2.61. The fraction of sp³-hybridized carbons (Fsp3) is 0.368. The summed E-state index contributed by atoms with van der Waals surface area (Å²) in [6, 6.07) is 12.3. The maximum Gasteiger partial charge on any atom is 0.240 e. The lowest BCUT2D eigenvalue weighted by Gasteiger charge is -2.37.